The Labute approximate surface area is 183 Å². The molecule has 2 N–H and O–H groups in total. The molecule has 1 amide bonds. The third kappa shape index (κ3) is 3.69. The van der Waals surface area contributed by atoms with Crippen LogP contribution in [0.15, 0.2) is 42.5 Å². The van der Waals surface area contributed by atoms with Gasteiger partial charge in [0.2, 0.25) is 0 Å². The van der Waals surface area contributed by atoms with E-state index in [0.717, 1.165) is 0 Å². The number of nitrogens with zero attached hydrogens (tertiary/aromatic N) is 4. The number of para-hydroxylation sites is 1. The smallest absolute Gasteiger partial charge is 0.407 e. The fraction of sp³-hybridized carbons (Fsp3) is 0.348. The molecule has 3 aromatic rings. The minimum Gasteiger partial charge on any atom is -0.507 e. The number of carboxylic acid groups (broad SMARTS) is 1. The number of rotatable bonds is 4. The number of benzene rings is 2. The first-order valence-electron chi connectivity index (χ1n) is 10.6. The Morgan fingerprint density at radius 1 is 1.16 bits per heavy atom. The molecule has 1 aromatic heterocycles. The first-order valence-corrected chi connectivity index (χ1v) is 10.6. The van der Waals surface area contributed by atoms with Crippen molar-refractivity contribution in [3.63, 3.8) is 0 Å². The molecular weight excluding hydrogens is 415 g/mol. The summed E-state index contributed by atoms with van der Waals surface area (Å²) in [5.74, 6) is 0.518. The number of anilines is 1. The van der Waals surface area contributed by atoms with Crippen molar-refractivity contribution in [2.45, 2.75) is 24.9 Å². The molecule has 0 saturated carbocycles. The van der Waals surface area contributed by atoms with E-state index in [-0.39, 0.29) is 17.8 Å². The van der Waals surface area contributed by atoms with Gasteiger partial charge >= 0.3 is 6.09 Å². The van der Waals surface area contributed by atoms with Crippen LogP contribution in [0.2, 0.25) is 0 Å². The van der Waals surface area contributed by atoms with Crippen LogP contribution >= 0.6 is 0 Å². The molecule has 5 rings (SSSR count). The number of fused-ring (bicyclic) bond motifs is 1. The molecule has 9 heteroatoms. The van der Waals surface area contributed by atoms with E-state index in [9.17, 15) is 19.4 Å². The first-order chi connectivity index (χ1) is 15.5. The van der Waals surface area contributed by atoms with Gasteiger partial charge in [-0.05, 0) is 43.2 Å². The Morgan fingerprint density at radius 3 is 2.75 bits per heavy atom. The van der Waals surface area contributed by atoms with Gasteiger partial charge in [0.15, 0.2) is 5.82 Å². The Bertz CT molecular complexity index is 1170. The van der Waals surface area contributed by atoms with Gasteiger partial charge < -0.3 is 19.8 Å². The number of aromatic nitrogens is 2. The Kier molecular flexibility index (Phi) is 5.26. The zero-order chi connectivity index (χ0) is 22.2. The van der Waals surface area contributed by atoms with Crippen LogP contribution in [-0.4, -0.2) is 69.6 Å². The highest BCUT2D eigenvalue weighted by atomic mass is 19.1. The van der Waals surface area contributed by atoms with Crippen molar-refractivity contribution in [1.82, 2.24) is 14.9 Å². The van der Waals surface area contributed by atoms with Crippen LogP contribution in [0, 0.1) is 5.82 Å². The molecule has 166 valence electrons. The van der Waals surface area contributed by atoms with Crippen molar-refractivity contribution < 1.29 is 24.1 Å². The molecule has 3 heterocycles. The zero-order valence-corrected chi connectivity index (χ0v) is 17.3. The number of halogens is 1. The van der Waals surface area contributed by atoms with Gasteiger partial charge in [-0.1, -0.05) is 12.1 Å². The fourth-order valence-corrected chi connectivity index (χ4v) is 4.62. The Balaban J connectivity index is 1.54. The molecular formula is C23H23FN4O4. The standard InChI is InChI=1S/C23H23FN4O4/c24-14-5-6-19-18(11-14)22(26-21(25-19)17-3-1-2-4-20(17)29)27-9-7-15(12-27)28(23(30)31)16-8-10-32-13-16/h1-6,11,15-16,29H,7-10,12-13H2,(H,30,31). The van der Waals surface area contributed by atoms with E-state index in [1.54, 1.807) is 30.3 Å². The molecule has 2 atom stereocenters. The highest BCUT2D eigenvalue weighted by Gasteiger charge is 2.37. The van der Waals surface area contributed by atoms with Crippen LogP contribution in [0.4, 0.5) is 15.0 Å². The van der Waals surface area contributed by atoms with Crippen molar-refractivity contribution in [3.8, 4) is 17.1 Å². The highest BCUT2D eigenvalue weighted by molar-refractivity contribution is 5.91. The second-order valence-corrected chi connectivity index (χ2v) is 8.15. The summed E-state index contributed by atoms with van der Waals surface area (Å²) in [6.07, 6.45) is 0.359. The number of ether oxygens (including phenoxy) is 1. The molecule has 0 bridgehead atoms. The van der Waals surface area contributed by atoms with Crippen molar-refractivity contribution in [1.29, 1.82) is 0 Å². The van der Waals surface area contributed by atoms with Gasteiger partial charge in [0.25, 0.3) is 0 Å². The second-order valence-electron chi connectivity index (χ2n) is 8.15. The summed E-state index contributed by atoms with van der Waals surface area (Å²) in [4.78, 5) is 24.7. The molecule has 2 fully saturated rings. The molecule has 0 spiro atoms. The summed E-state index contributed by atoms with van der Waals surface area (Å²) < 4.78 is 19.5. The maximum absolute atomic E-state index is 14.1. The van der Waals surface area contributed by atoms with E-state index in [1.165, 1.54) is 17.0 Å². The lowest BCUT2D eigenvalue weighted by Gasteiger charge is -2.31. The third-order valence-electron chi connectivity index (χ3n) is 6.16. The minimum absolute atomic E-state index is 0.0532. The second kappa shape index (κ2) is 8.23. The third-order valence-corrected chi connectivity index (χ3v) is 6.16. The van der Waals surface area contributed by atoms with Crippen LogP contribution in [0.5, 0.6) is 5.75 Å². The molecule has 2 unspecified atom stereocenters. The predicted octanol–water partition coefficient (Wildman–Crippen LogP) is 3.49. The van der Waals surface area contributed by atoms with Gasteiger partial charge in [0.1, 0.15) is 17.4 Å². The molecule has 2 aliphatic heterocycles. The fourth-order valence-electron chi connectivity index (χ4n) is 4.62. The van der Waals surface area contributed by atoms with E-state index >= 15 is 0 Å². The van der Waals surface area contributed by atoms with Crippen LogP contribution in [0.3, 0.4) is 0 Å². The van der Waals surface area contributed by atoms with Crippen molar-refractivity contribution in [3.05, 3.63) is 48.3 Å². The summed E-state index contributed by atoms with van der Waals surface area (Å²) in [6.45, 7) is 1.98. The normalized spacial score (nSPS) is 20.7. The van der Waals surface area contributed by atoms with Gasteiger partial charge in [0, 0.05) is 25.1 Å². The van der Waals surface area contributed by atoms with Gasteiger partial charge in [0.05, 0.1) is 29.8 Å². The van der Waals surface area contributed by atoms with E-state index in [4.69, 9.17) is 4.74 Å². The lowest BCUT2D eigenvalue weighted by molar-refractivity contribution is 0.0928. The van der Waals surface area contributed by atoms with E-state index in [2.05, 4.69) is 9.97 Å². The van der Waals surface area contributed by atoms with Crippen LogP contribution in [-0.2, 0) is 4.74 Å². The first kappa shape index (κ1) is 20.4. The molecule has 32 heavy (non-hydrogen) atoms. The number of amides is 1. The summed E-state index contributed by atoms with van der Waals surface area (Å²) >= 11 is 0. The average Bonchev–Trinajstić information content (AvgIpc) is 3.46. The number of aromatic hydroxyl groups is 1. The van der Waals surface area contributed by atoms with Crippen LogP contribution in [0.1, 0.15) is 12.8 Å². The molecule has 2 saturated heterocycles. The van der Waals surface area contributed by atoms with Crippen molar-refractivity contribution in [2.75, 3.05) is 31.2 Å². The SMILES string of the molecule is O=C(O)N(C1CCOC1)C1CCN(c2nc(-c3ccccc3O)nc3ccc(F)cc23)C1. The Hall–Kier alpha value is -3.46. The Morgan fingerprint density at radius 2 is 2.00 bits per heavy atom. The van der Waals surface area contributed by atoms with Gasteiger partial charge in [-0.3, -0.25) is 4.90 Å². The van der Waals surface area contributed by atoms with Crippen molar-refractivity contribution >= 4 is 22.8 Å². The summed E-state index contributed by atoms with van der Waals surface area (Å²) in [6, 6.07) is 10.7. The number of hydrogen-bond donors (Lipinski definition) is 2. The molecule has 0 aliphatic carbocycles. The number of carbonyl (C=O) groups is 1. The zero-order valence-electron chi connectivity index (χ0n) is 17.3. The van der Waals surface area contributed by atoms with Gasteiger partial charge in [-0.15, -0.1) is 0 Å². The summed E-state index contributed by atoms with van der Waals surface area (Å²) in [5, 5.41) is 20.7. The monoisotopic (exact) mass is 438 g/mol. The lowest BCUT2D eigenvalue weighted by atomic mass is 10.1. The summed E-state index contributed by atoms with van der Waals surface area (Å²) in [7, 11) is 0. The highest BCUT2D eigenvalue weighted by Crippen LogP contribution is 2.34. The molecule has 2 aliphatic rings. The van der Waals surface area contributed by atoms with Crippen LogP contribution in [0.25, 0.3) is 22.3 Å². The molecule has 2 aromatic carbocycles. The summed E-state index contributed by atoms with van der Waals surface area (Å²) in [5.41, 5.74) is 1.03. The van der Waals surface area contributed by atoms with Gasteiger partial charge in [-0.2, -0.15) is 0 Å². The molecule has 0 radical (unpaired) electrons. The number of phenols is 1. The largest absolute Gasteiger partial charge is 0.507 e. The quantitative estimate of drug-likeness (QED) is 0.643. The number of hydrogen-bond acceptors (Lipinski definition) is 6. The van der Waals surface area contributed by atoms with E-state index < -0.39 is 11.9 Å². The van der Waals surface area contributed by atoms with E-state index in [1.807, 2.05) is 4.90 Å². The lowest BCUT2D eigenvalue weighted by Crippen LogP contribution is -2.48. The maximum Gasteiger partial charge on any atom is 0.407 e. The topological polar surface area (TPSA) is 99.0 Å². The number of phenolic OH excluding ortho intramolecular Hbond substituents is 1. The predicted molar refractivity (Wildman–Crippen MR) is 116 cm³/mol. The van der Waals surface area contributed by atoms with Gasteiger partial charge in [-0.25, -0.2) is 19.2 Å². The molecule has 8 nitrogen and oxygen atoms in total. The van der Waals surface area contributed by atoms with Crippen LogP contribution < -0.4 is 4.90 Å². The maximum atomic E-state index is 14.1. The van der Waals surface area contributed by atoms with Crippen molar-refractivity contribution in [2.24, 2.45) is 0 Å². The van der Waals surface area contributed by atoms with E-state index in [0.29, 0.717) is 67.3 Å². The minimum atomic E-state index is -0.958. The average molecular weight is 438 g/mol.